The third kappa shape index (κ3) is 8.32. The van der Waals surface area contributed by atoms with E-state index in [1.165, 1.54) is 31.2 Å². The smallest absolute Gasteiger partial charge is 0.326 e. The molecule has 0 heterocycles. The van der Waals surface area contributed by atoms with Crippen LogP contribution >= 0.6 is 0 Å². The zero-order valence-electron chi connectivity index (χ0n) is 18.5. The number of nitrogens with one attached hydrogen (secondary N) is 2. The normalized spacial score (nSPS) is 13.5. The van der Waals surface area contributed by atoms with Gasteiger partial charge in [0, 0.05) is 25.0 Å². The van der Waals surface area contributed by atoms with Gasteiger partial charge in [-0.3, -0.25) is 24.5 Å². The number of esters is 1. The lowest BCUT2D eigenvalue weighted by Crippen LogP contribution is -2.53. The number of rotatable bonds is 12. The number of carboxylic acids is 1. The molecular weight excluding hydrogens is 422 g/mol. The Kier molecular flexibility index (Phi) is 10.3. The first kappa shape index (κ1) is 26.5. The molecule has 0 saturated heterocycles. The fraction of sp³-hybridized carbons (Fsp3) is 0.524. The van der Waals surface area contributed by atoms with E-state index in [9.17, 15) is 34.4 Å². The van der Waals surface area contributed by atoms with Crippen LogP contribution in [0, 0.1) is 16.0 Å². The van der Waals surface area contributed by atoms with E-state index >= 15 is 0 Å². The zero-order valence-corrected chi connectivity index (χ0v) is 18.5. The van der Waals surface area contributed by atoms with Gasteiger partial charge in [-0.15, -0.1) is 0 Å². The molecule has 1 aromatic carbocycles. The molecule has 32 heavy (non-hydrogen) atoms. The third-order valence-electron chi connectivity index (χ3n) is 4.59. The van der Waals surface area contributed by atoms with Crippen LogP contribution in [0.1, 0.15) is 52.0 Å². The van der Waals surface area contributed by atoms with Gasteiger partial charge in [0.25, 0.3) is 5.69 Å². The second-order valence-electron chi connectivity index (χ2n) is 7.67. The maximum Gasteiger partial charge on any atom is 0.326 e. The van der Waals surface area contributed by atoms with Gasteiger partial charge in [-0.05, 0) is 24.8 Å². The first-order chi connectivity index (χ1) is 15.0. The number of aliphatic carboxylic acids is 1. The van der Waals surface area contributed by atoms with E-state index in [4.69, 9.17) is 4.74 Å². The van der Waals surface area contributed by atoms with Gasteiger partial charge in [0.15, 0.2) is 0 Å². The molecular formula is C21H29N3O8. The summed E-state index contributed by atoms with van der Waals surface area (Å²) in [6.07, 6.45) is -0.101. The monoisotopic (exact) mass is 451 g/mol. The largest absolute Gasteiger partial charge is 0.480 e. The van der Waals surface area contributed by atoms with E-state index in [0.29, 0.717) is 5.56 Å². The van der Waals surface area contributed by atoms with Gasteiger partial charge in [-0.1, -0.05) is 26.0 Å². The Morgan fingerprint density at radius 3 is 2.16 bits per heavy atom. The Morgan fingerprint density at radius 1 is 1.12 bits per heavy atom. The average Bonchev–Trinajstić information content (AvgIpc) is 2.69. The maximum absolute atomic E-state index is 12.8. The van der Waals surface area contributed by atoms with Crippen LogP contribution in [0.2, 0.25) is 0 Å². The van der Waals surface area contributed by atoms with Crippen LogP contribution in [-0.2, 0) is 23.9 Å². The highest BCUT2D eigenvalue weighted by Crippen LogP contribution is 2.27. The number of hydrogen-bond acceptors (Lipinski definition) is 7. The molecule has 3 atom stereocenters. The Balaban J connectivity index is 3.28. The number of benzene rings is 1. The van der Waals surface area contributed by atoms with Crippen LogP contribution in [0.5, 0.6) is 0 Å². The molecule has 0 aliphatic carbocycles. The van der Waals surface area contributed by atoms with Crippen molar-refractivity contribution in [3.63, 3.8) is 0 Å². The number of nitrogens with zero attached hydrogens (tertiary/aromatic N) is 1. The highest BCUT2D eigenvalue weighted by atomic mass is 16.6. The summed E-state index contributed by atoms with van der Waals surface area (Å²) in [5.74, 6) is -4.28. The van der Waals surface area contributed by atoms with Gasteiger partial charge in [0.2, 0.25) is 11.8 Å². The van der Waals surface area contributed by atoms with Crippen LogP contribution in [-0.4, -0.2) is 52.5 Å². The SMILES string of the molecule is CCOC(=O)C[C@@H](c1ccc([N+](=O)[O-])cc1)[C@@H](NC(=O)[C@H](CC(C)C)NC(C)=O)C(=O)O. The Bertz CT molecular complexity index is 838. The summed E-state index contributed by atoms with van der Waals surface area (Å²) >= 11 is 0. The number of hydrogen-bond donors (Lipinski definition) is 3. The summed E-state index contributed by atoms with van der Waals surface area (Å²) in [4.78, 5) is 58.9. The molecule has 0 spiro atoms. The minimum atomic E-state index is -1.54. The van der Waals surface area contributed by atoms with Crippen LogP contribution < -0.4 is 10.6 Å². The van der Waals surface area contributed by atoms with Crippen molar-refractivity contribution in [2.45, 2.75) is 58.5 Å². The number of ether oxygens (including phenoxy) is 1. The lowest BCUT2D eigenvalue weighted by atomic mass is 9.87. The van der Waals surface area contributed by atoms with Gasteiger partial charge in [0.1, 0.15) is 12.1 Å². The first-order valence-electron chi connectivity index (χ1n) is 10.2. The molecule has 0 radical (unpaired) electrons. The van der Waals surface area contributed by atoms with Crippen molar-refractivity contribution in [3.05, 3.63) is 39.9 Å². The number of carbonyl (C=O) groups excluding carboxylic acids is 3. The second-order valence-corrected chi connectivity index (χ2v) is 7.67. The predicted molar refractivity (Wildman–Crippen MR) is 114 cm³/mol. The van der Waals surface area contributed by atoms with E-state index in [0.717, 1.165) is 0 Å². The minimum Gasteiger partial charge on any atom is -0.480 e. The van der Waals surface area contributed by atoms with Crippen LogP contribution in [0.4, 0.5) is 5.69 Å². The number of carbonyl (C=O) groups is 4. The van der Waals surface area contributed by atoms with E-state index < -0.39 is 46.7 Å². The minimum absolute atomic E-state index is 0.0332. The van der Waals surface area contributed by atoms with E-state index in [2.05, 4.69) is 10.6 Å². The summed E-state index contributed by atoms with van der Waals surface area (Å²) < 4.78 is 4.93. The molecule has 2 amide bonds. The molecule has 11 nitrogen and oxygen atoms in total. The average molecular weight is 451 g/mol. The molecule has 0 fully saturated rings. The van der Waals surface area contributed by atoms with Crippen molar-refractivity contribution in [3.8, 4) is 0 Å². The fourth-order valence-electron chi connectivity index (χ4n) is 3.21. The van der Waals surface area contributed by atoms with Crippen molar-refractivity contribution in [1.29, 1.82) is 0 Å². The Labute approximate surface area is 185 Å². The summed E-state index contributed by atoms with van der Waals surface area (Å²) in [7, 11) is 0. The zero-order chi connectivity index (χ0) is 24.4. The van der Waals surface area contributed by atoms with E-state index in [1.54, 1.807) is 6.92 Å². The molecule has 1 aromatic rings. The van der Waals surface area contributed by atoms with Gasteiger partial charge < -0.3 is 20.5 Å². The summed E-state index contributed by atoms with van der Waals surface area (Å²) in [5.41, 5.74) is 0.0958. The maximum atomic E-state index is 12.8. The van der Waals surface area contributed by atoms with Crippen LogP contribution in [0.3, 0.4) is 0 Å². The number of nitro groups is 1. The quantitative estimate of drug-likeness (QED) is 0.246. The van der Waals surface area contributed by atoms with E-state index in [1.807, 2.05) is 13.8 Å². The molecule has 3 N–H and O–H groups in total. The standard InChI is InChI=1S/C21H29N3O8/c1-5-32-18(26)11-16(14-6-8-15(9-7-14)24(30)31)19(21(28)29)23-20(27)17(10-12(2)3)22-13(4)25/h6-9,12,16-17,19H,5,10-11H2,1-4H3,(H,22,25)(H,23,27)(H,28,29)/t16-,17-,19+/m0/s1. The molecule has 0 saturated carbocycles. The highest BCUT2D eigenvalue weighted by Gasteiger charge is 2.35. The number of non-ortho nitro benzene ring substituents is 1. The van der Waals surface area contributed by atoms with Gasteiger partial charge >= 0.3 is 11.9 Å². The van der Waals surface area contributed by atoms with Crippen LogP contribution in [0.15, 0.2) is 24.3 Å². The van der Waals surface area contributed by atoms with Crippen LogP contribution in [0.25, 0.3) is 0 Å². The Hall–Kier alpha value is -3.50. The molecule has 0 aromatic heterocycles. The number of nitro benzene ring substituents is 1. The van der Waals surface area contributed by atoms with Crippen molar-refractivity contribution >= 4 is 29.4 Å². The summed E-state index contributed by atoms with van der Waals surface area (Å²) in [6.45, 7) is 6.61. The van der Waals surface area contributed by atoms with Gasteiger partial charge in [-0.2, -0.15) is 0 Å². The lowest BCUT2D eigenvalue weighted by molar-refractivity contribution is -0.384. The Morgan fingerprint density at radius 2 is 1.72 bits per heavy atom. The van der Waals surface area contributed by atoms with E-state index in [-0.39, 0.29) is 31.1 Å². The van der Waals surface area contributed by atoms with Crippen molar-refractivity contribution in [1.82, 2.24) is 10.6 Å². The molecule has 0 aliphatic heterocycles. The van der Waals surface area contributed by atoms with Gasteiger partial charge in [-0.25, -0.2) is 4.79 Å². The molecule has 176 valence electrons. The van der Waals surface area contributed by atoms with Gasteiger partial charge in [0.05, 0.1) is 18.0 Å². The number of carboxylic acid groups (broad SMARTS) is 1. The molecule has 11 heteroatoms. The molecule has 0 unspecified atom stereocenters. The van der Waals surface area contributed by atoms with Crippen molar-refractivity contribution in [2.75, 3.05) is 6.61 Å². The first-order valence-corrected chi connectivity index (χ1v) is 10.2. The topological polar surface area (TPSA) is 165 Å². The van der Waals surface area contributed by atoms with Crippen molar-refractivity contribution in [2.24, 2.45) is 5.92 Å². The van der Waals surface area contributed by atoms with Crippen molar-refractivity contribution < 1.29 is 33.9 Å². The summed E-state index contributed by atoms with van der Waals surface area (Å²) in [5, 5.41) is 25.7. The predicted octanol–water partition coefficient (Wildman–Crippen LogP) is 1.75. The fourth-order valence-corrected chi connectivity index (χ4v) is 3.21. The molecule has 0 bridgehead atoms. The molecule has 0 aliphatic rings. The molecule has 1 rings (SSSR count). The summed E-state index contributed by atoms with van der Waals surface area (Å²) in [6, 6.07) is 2.54. The highest BCUT2D eigenvalue weighted by molar-refractivity contribution is 5.90. The lowest BCUT2D eigenvalue weighted by Gasteiger charge is -2.27. The third-order valence-corrected chi connectivity index (χ3v) is 4.59. The second kappa shape index (κ2) is 12.4. The number of amides is 2.